The van der Waals surface area contributed by atoms with Crippen molar-refractivity contribution in [2.45, 2.75) is 45.1 Å². The maximum absolute atomic E-state index is 13.3. The Morgan fingerprint density at radius 2 is 1.79 bits per heavy atom. The summed E-state index contributed by atoms with van der Waals surface area (Å²) >= 11 is 0. The summed E-state index contributed by atoms with van der Waals surface area (Å²) in [5.74, 6) is 0.960. The number of rotatable bonds is 9. The number of carbonyl (C=O) groups is 2. The van der Waals surface area contributed by atoms with E-state index in [1.54, 1.807) is 19.1 Å². The minimum absolute atomic E-state index is 0.00765. The minimum atomic E-state index is -0.310. The Balaban J connectivity index is 1.79. The van der Waals surface area contributed by atoms with Gasteiger partial charge in [-0.15, -0.1) is 0 Å². The minimum Gasteiger partial charge on any atom is -0.493 e. The molecule has 0 saturated carbocycles. The summed E-state index contributed by atoms with van der Waals surface area (Å²) in [5, 5.41) is 6.15. The van der Waals surface area contributed by atoms with Gasteiger partial charge in [-0.2, -0.15) is 0 Å². The van der Waals surface area contributed by atoms with E-state index in [-0.39, 0.29) is 29.8 Å². The smallest absolute Gasteiger partial charge is 0.317 e. The van der Waals surface area contributed by atoms with Crippen LogP contribution in [-0.2, 0) is 4.79 Å². The number of hydrogen-bond acceptors (Lipinski definition) is 4. The number of amides is 3. The molecule has 3 amide bonds. The lowest BCUT2D eigenvalue weighted by Gasteiger charge is -2.38. The molecule has 1 saturated heterocycles. The van der Waals surface area contributed by atoms with E-state index in [0.717, 1.165) is 24.0 Å². The van der Waals surface area contributed by atoms with E-state index in [4.69, 9.17) is 9.47 Å². The first-order valence-corrected chi connectivity index (χ1v) is 12.1. The normalized spacial score (nSPS) is 18.6. The molecular formula is C27H37N3O4. The summed E-state index contributed by atoms with van der Waals surface area (Å²) in [6.45, 7) is 5.65. The monoisotopic (exact) mass is 467 g/mol. The number of carbonyl (C=O) groups excluding carboxylic acids is 2. The van der Waals surface area contributed by atoms with Crippen LogP contribution in [0.2, 0.25) is 0 Å². The molecule has 184 valence electrons. The number of hydrogen-bond donors (Lipinski definition) is 2. The van der Waals surface area contributed by atoms with Gasteiger partial charge in [-0.3, -0.25) is 4.79 Å². The van der Waals surface area contributed by atoms with Crippen LogP contribution >= 0.6 is 0 Å². The fourth-order valence-electron chi connectivity index (χ4n) is 4.44. The van der Waals surface area contributed by atoms with Crippen LogP contribution in [0.25, 0.3) is 0 Å². The molecular weight excluding hydrogens is 430 g/mol. The first-order valence-electron chi connectivity index (χ1n) is 12.1. The molecule has 34 heavy (non-hydrogen) atoms. The van der Waals surface area contributed by atoms with Crippen molar-refractivity contribution >= 4 is 11.9 Å². The molecule has 0 aromatic heterocycles. The van der Waals surface area contributed by atoms with Crippen LogP contribution in [0.5, 0.6) is 11.5 Å². The summed E-state index contributed by atoms with van der Waals surface area (Å²) in [6.07, 6.45) is 2.59. The zero-order valence-corrected chi connectivity index (χ0v) is 20.7. The number of benzene rings is 2. The molecule has 7 nitrogen and oxygen atoms in total. The number of methoxy groups -OCH3 is 2. The molecule has 0 bridgehead atoms. The molecule has 3 unspecified atom stereocenters. The van der Waals surface area contributed by atoms with Crippen LogP contribution < -0.4 is 20.1 Å². The molecule has 1 aliphatic heterocycles. The van der Waals surface area contributed by atoms with Crippen LogP contribution in [0.3, 0.4) is 0 Å². The number of likely N-dealkylation sites (tertiary alicyclic amines) is 1. The molecule has 7 heteroatoms. The van der Waals surface area contributed by atoms with E-state index >= 15 is 0 Å². The third-order valence-corrected chi connectivity index (χ3v) is 6.45. The van der Waals surface area contributed by atoms with Crippen molar-refractivity contribution in [2.75, 3.05) is 33.9 Å². The van der Waals surface area contributed by atoms with E-state index in [1.165, 1.54) is 0 Å². The van der Waals surface area contributed by atoms with Gasteiger partial charge in [0.25, 0.3) is 0 Å². The van der Waals surface area contributed by atoms with Gasteiger partial charge in [0.15, 0.2) is 11.5 Å². The van der Waals surface area contributed by atoms with Crippen LogP contribution in [-0.4, -0.2) is 50.7 Å². The highest BCUT2D eigenvalue weighted by Crippen LogP contribution is 2.36. The molecule has 3 atom stereocenters. The fourth-order valence-corrected chi connectivity index (χ4v) is 4.44. The quantitative estimate of drug-likeness (QED) is 0.533. The summed E-state index contributed by atoms with van der Waals surface area (Å²) in [6, 6.07) is 15.5. The SMILES string of the molecule is CCCCNC(=O)N1CC(C(=O)NC(C)c2ccccc2)CC(c2ccc(OC)c(OC)c2)C1. The van der Waals surface area contributed by atoms with Crippen molar-refractivity contribution in [3.63, 3.8) is 0 Å². The Morgan fingerprint density at radius 3 is 2.47 bits per heavy atom. The van der Waals surface area contributed by atoms with Crippen molar-refractivity contribution in [3.05, 3.63) is 59.7 Å². The van der Waals surface area contributed by atoms with Gasteiger partial charge in [-0.05, 0) is 43.0 Å². The summed E-state index contributed by atoms with van der Waals surface area (Å²) in [4.78, 5) is 28.0. The van der Waals surface area contributed by atoms with Crippen molar-refractivity contribution in [1.82, 2.24) is 15.5 Å². The van der Waals surface area contributed by atoms with Gasteiger partial charge in [0.1, 0.15) is 0 Å². The van der Waals surface area contributed by atoms with Gasteiger partial charge in [-0.25, -0.2) is 4.79 Å². The third kappa shape index (κ3) is 6.43. The number of urea groups is 1. The average Bonchev–Trinajstić information content (AvgIpc) is 2.88. The first kappa shape index (κ1) is 25.4. The highest BCUT2D eigenvalue weighted by Gasteiger charge is 2.35. The predicted molar refractivity (Wildman–Crippen MR) is 133 cm³/mol. The second kappa shape index (κ2) is 12.3. The zero-order valence-electron chi connectivity index (χ0n) is 20.7. The molecule has 1 aliphatic rings. The topological polar surface area (TPSA) is 79.9 Å². The van der Waals surface area contributed by atoms with E-state index in [1.807, 2.05) is 55.5 Å². The number of nitrogens with zero attached hydrogens (tertiary/aromatic N) is 1. The molecule has 3 rings (SSSR count). The van der Waals surface area contributed by atoms with Gasteiger partial charge in [0.2, 0.25) is 5.91 Å². The lowest BCUT2D eigenvalue weighted by molar-refractivity contribution is -0.127. The van der Waals surface area contributed by atoms with Gasteiger partial charge < -0.3 is 25.0 Å². The van der Waals surface area contributed by atoms with E-state index in [2.05, 4.69) is 17.6 Å². The molecule has 0 spiro atoms. The summed E-state index contributed by atoms with van der Waals surface area (Å²) in [7, 11) is 3.21. The maximum atomic E-state index is 13.3. The van der Waals surface area contributed by atoms with Gasteiger partial charge in [0.05, 0.1) is 26.2 Å². The van der Waals surface area contributed by atoms with Crippen LogP contribution in [0, 0.1) is 5.92 Å². The highest BCUT2D eigenvalue weighted by molar-refractivity contribution is 5.81. The van der Waals surface area contributed by atoms with Gasteiger partial charge in [-0.1, -0.05) is 49.7 Å². The van der Waals surface area contributed by atoms with Crippen LogP contribution in [0.4, 0.5) is 4.79 Å². The zero-order chi connectivity index (χ0) is 24.5. The number of nitrogens with one attached hydrogen (secondary N) is 2. The highest BCUT2D eigenvalue weighted by atomic mass is 16.5. The van der Waals surface area contributed by atoms with Crippen molar-refractivity contribution < 1.29 is 19.1 Å². The Bertz CT molecular complexity index is 950. The Kier molecular flexibility index (Phi) is 9.19. The molecule has 0 radical (unpaired) electrons. The number of piperidine rings is 1. The third-order valence-electron chi connectivity index (χ3n) is 6.45. The fraction of sp³-hybridized carbons (Fsp3) is 0.481. The lowest BCUT2D eigenvalue weighted by atomic mass is 9.83. The molecule has 0 aliphatic carbocycles. The molecule has 2 aromatic rings. The summed E-state index contributed by atoms with van der Waals surface area (Å²) < 4.78 is 10.9. The van der Waals surface area contributed by atoms with Crippen molar-refractivity contribution in [2.24, 2.45) is 5.92 Å². The van der Waals surface area contributed by atoms with Crippen molar-refractivity contribution in [3.8, 4) is 11.5 Å². The second-order valence-corrected chi connectivity index (χ2v) is 8.88. The predicted octanol–water partition coefficient (Wildman–Crippen LogP) is 4.50. The second-order valence-electron chi connectivity index (χ2n) is 8.88. The van der Waals surface area contributed by atoms with E-state index in [9.17, 15) is 9.59 Å². The summed E-state index contributed by atoms with van der Waals surface area (Å²) in [5.41, 5.74) is 2.08. The standard InChI is InChI=1S/C27H37N3O4/c1-5-6-14-28-27(32)30-17-22(21-12-13-24(33-3)25(16-21)34-4)15-23(18-30)26(31)29-19(2)20-10-8-7-9-11-20/h7-13,16,19,22-23H,5-6,14-15,17-18H2,1-4H3,(H,28,32)(H,29,31). The van der Waals surface area contributed by atoms with Gasteiger partial charge >= 0.3 is 6.03 Å². The Hall–Kier alpha value is -3.22. The largest absolute Gasteiger partial charge is 0.493 e. The van der Waals surface area contributed by atoms with E-state index in [0.29, 0.717) is 37.6 Å². The first-order chi connectivity index (χ1) is 16.5. The lowest BCUT2D eigenvalue weighted by Crippen LogP contribution is -2.51. The maximum Gasteiger partial charge on any atom is 0.317 e. The number of ether oxygens (including phenoxy) is 2. The molecule has 1 heterocycles. The molecule has 1 fully saturated rings. The van der Waals surface area contributed by atoms with Crippen molar-refractivity contribution in [1.29, 1.82) is 0 Å². The Labute approximate surface area is 202 Å². The van der Waals surface area contributed by atoms with Crippen LogP contribution in [0.1, 0.15) is 56.2 Å². The van der Waals surface area contributed by atoms with Crippen LogP contribution in [0.15, 0.2) is 48.5 Å². The van der Waals surface area contributed by atoms with E-state index < -0.39 is 0 Å². The molecule has 2 N–H and O–H groups in total. The average molecular weight is 468 g/mol. The van der Waals surface area contributed by atoms with Gasteiger partial charge in [0, 0.05) is 25.6 Å². The number of unbranched alkanes of at least 4 members (excludes halogenated alkanes) is 1. The Morgan fingerprint density at radius 1 is 1.06 bits per heavy atom. The molecule has 2 aromatic carbocycles.